The first kappa shape index (κ1) is 18.2. The molecule has 128 valence electrons. The van der Waals surface area contributed by atoms with Gasteiger partial charge in [0.05, 0.1) is 16.6 Å². The third-order valence-electron chi connectivity index (χ3n) is 3.86. The van der Waals surface area contributed by atoms with Crippen LogP contribution in [0.5, 0.6) is 0 Å². The number of carbonyl (C=O) groups is 1. The molecule has 0 aliphatic rings. The van der Waals surface area contributed by atoms with Crippen LogP contribution in [0.1, 0.15) is 19.4 Å². The number of hydrogen-bond donors (Lipinski definition) is 2. The van der Waals surface area contributed by atoms with Crippen LogP contribution in [0.25, 0.3) is 0 Å². The minimum absolute atomic E-state index is 0.121. The summed E-state index contributed by atoms with van der Waals surface area (Å²) in [5, 5.41) is 2.78. The second-order valence-corrected chi connectivity index (χ2v) is 7.90. The molecule has 0 fully saturated rings. The van der Waals surface area contributed by atoms with Gasteiger partial charge in [0.25, 0.3) is 0 Å². The van der Waals surface area contributed by atoms with E-state index < -0.39 is 9.84 Å². The molecule has 0 heterocycles. The molecule has 0 aliphatic carbocycles. The van der Waals surface area contributed by atoms with Crippen LogP contribution in [-0.4, -0.2) is 20.4 Å². The van der Waals surface area contributed by atoms with Gasteiger partial charge in [-0.25, -0.2) is 8.42 Å². The predicted molar refractivity (Wildman–Crippen MR) is 95.2 cm³/mol. The average Bonchev–Trinajstić information content (AvgIpc) is 2.54. The van der Waals surface area contributed by atoms with Gasteiger partial charge in [-0.1, -0.05) is 37.3 Å². The second kappa shape index (κ2) is 7.59. The Morgan fingerprint density at radius 1 is 1.08 bits per heavy atom. The van der Waals surface area contributed by atoms with Crippen LogP contribution in [0.2, 0.25) is 0 Å². The van der Waals surface area contributed by atoms with Crippen LogP contribution in [0.4, 0.5) is 5.69 Å². The normalized spacial score (nSPS) is 14.0. The first-order chi connectivity index (χ1) is 11.3. The van der Waals surface area contributed by atoms with Gasteiger partial charge in [-0.05, 0) is 36.8 Å². The highest BCUT2D eigenvalue weighted by molar-refractivity contribution is 7.90. The third kappa shape index (κ3) is 4.66. The maximum Gasteiger partial charge on any atom is 0.228 e. The fraction of sp³-hybridized carbons (Fsp3) is 0.278. The number of anilines is 1. The highest BCUT2D eigenvalue weighted by Gasteiger charge is 2.18. The van der Waals surface area contributed by atoms with Gasteiger partial charge >= 0.3 is 0 Å². The van der Waals surface area contributed by atoms with E-state index in [1.54, 1.807) is 68.4 Å². The molecule has 2 rings (SSSR count). The molecule has 24 heavy (non-hydrogen) atoms. The van der Waals surface area contributed by atoms with Crippen molar-refractivity contribution in [3.05, 3.63) is 60.2 Å². The molecule has 5 nitrogen and oxygen atoms in total. The highest BCUT2D eigenvalue weighted by atomic mass is 32.2. The number of amides is 1. The molecule has 0 saturated heterocycles. The third-order valence-corrected chi connectivity index (χ3v) is 5.56. The van der Waals surface area contributed by atoms with Gasteiger partial charge in [0, 0.05) is 11.7 Å². The Hall–Kier alpha value is -2.18. The Labute approximate surface area is 142 Å². The van der Waals surface area contributed by atoms with Crippen molar-refractivity contribution in [2.45, 2.75) is 30.5 Å². The number of nitrogens with one attached hydrogen (secondary N) is 1. The molecule has 2 unspecified atom stereocenters. The molecule has 0 radical (unpaired) electrons. The largest absolute Gasteiger partial charge is 0.327 e. The first-order valence-electron chi connectivity index (χ1n) is 7.73. The number of hydrogen-bond acceptors (Lipinski definition) is 4. The number of nitrogens with two attached hydrogens (primary N) is 1. The number of benzene rings is 2. The Balaban J connectivity index is 2.15. The summed E-state index contributed by atoms with van der Waals surface area (Å²) >= 11 is 0. The molecule has 1 amide bonds. The Morgan fingerprint density at radius 3 is 2.38 bits per heavy atom. The zero-order valence-electron chi connectivity index (χ0n) is 13.8. The van der Waals surface area contributed by atoms with Crippen molar-refractivity contribution in [1.29, 1.82) is 0 Å². The van der Waals surface area contributed by atoms with Crippen molar-refractivity contribution < 1.29 is 13.2 Å². The van der Waals surface area contributed by atoms with Crippen molar-refractivity contribution in [2.75, 3.05) is 5.32 Å². The predicted octanol–water partition coefficient (Wildman–Crippen LogP) is 2.58. The maximum absolute atomic E-state index is 12.4. The van der Waals surface area contributed by atoms with Gasteiger partial charge in [0.15, 0.2) is 9.84 Å². The smallest absolute Gasteiger partial charge is 0.228 e. The van der Waals surface area contributed by atoms with Crippen molar-refractivity contribution in [2.24, 2.45) is 11.7 Å². The van der Waals surface area contributed by atoms with Crippen LogP contribution >= 0.6 is 0 Å². The number of rotatable bonds is 6. The summed E-state index contributed by atoms with van der Waals surface area (Å²) in [7, 11) is -3.42. The minimum atomic E-state index is -3.42. The molecule has 2 aromatic rings. The van der Waals surface area contributed by atoms with Gasteiger partial charge in [-0.15, -0.1) is 0 Å². The topological polar surface area (TPSA) is 89.3 Å². The molecular weight excluding hydrogens is 324 g/mol. The monoisotopic (exact) mass is 346 g/mol. The fourth-order valence-corrected chi connectivity index (χ4v) is 3.52. The van der Waals surface area contributed by atoms with E-state index in [1.165, 1.54) is 0 Å². The molecule has 0 aromatic heterocycles. The SMILES string of the molecule is CC(N)C(C)C(=O)Nc1cccc(CS(=O)(=O)c2ccccc2)c1. The van der Waals surface area contributed by atoms with Gasteiger partial charge in [0.2, 0.25) is 5.91 Å². The van der Waals surface area contributed by atoms with Gasteiger partial charge in [0.1, 0.15) is 0 Å². The Kier molecular flexibility index (Phi) is 5.75. The molecule has 0 aliphatic heterocycles. The molecule has 0 saturated carbocycles. The first-order valence-corrected chi connectivity index (χ1v) is 9.38. The van der Waals surface area contributed by atoms with Crippen LogP contribution in [0.15, 0.2) is 59.5 Å². The van der Waals surface area contributed by atoms with Crippen molar-refractivity contribution >= 4 is 21.4 Å². The summed E-state index contributed by atoms with van der Waals surface area (Å²) in [5.41, 5.74) is 6.91. The van der Waals surface area contributed by atoms with Crippen molar-refractivity contribution in [3.63, 3.8) is 0 Å². The maximum atomic E-state index is 12.4. The molecule has 6 heteroatoms. The molecular formula is C18H22N2O3S. The van der Waals surface area contributed by atoms with E-state index in [1.807, 2.05) is 0 Å². The van der Waals surface area contributed by atoms with E-state index in [0.29, 0.717) is 11.3 Å². The molecule has 0 bridgehead atoms. The quantitative estimate of drug-likeness (QED) is 0.841. The number of sulfone groups is 1. The summed E-state index contributed by atoms with van der Waals surface area (Å²) < 4.78 is 24.9. The van der Waals surface area contributed by atoms with Crippen molar-refractivity contribution in [3.8, 4) is 0 Å². The number of carbonyl (C=O) groups excluding carboxylic acids is 1. The minimum Gasteiger partial charge on any atom is -0.327 e. The van der Waals surface area contributed by atoms with E-state index in [9.17, 15) is 13.2 Å². The molecule has 2 atom stereocenters. The van der Waals surface area contributed by atoms with E-state index >= 15 is 0 Å². The van der Waals surface area contributed by atoms with E-state index in [2.05, 4.69) is 5.32 Å². The lowest BCUT2D eigenvalue weighted by molar-refractivity contribution is -0.119. The standard InChI is InChI=1S/C18H22N2O3S/c1-13(14(2)19)18(21)20-16-8-6-7-15(11-16)12-24(22,23)17-9-4-3-5-10-17/h3-11,13-14H,12,19H2,1-2H3,(H,20,21). The van der Waals surface area contributed by atoms with Crippen LogP contribution in [-0.2, 0) is 20.4 Å². The lowest BCUT2D eigenvalue weighted by atomic mass is 10.0. The van der Waals surface area contributed by atoms with Gasteiger partial charge in [-0.2, -0.15) is 0 Å². The van der Waals surface area contributed by atoms with E-state index in [0.717, 1.165) is 0 Å². The Morgan fingerprint density at radius 2 is 1.75 bits per heavy atom. The lowest BCUT2D eigenvalue weighted by Crippen LogP contribution is -2.34. The summed E-state index contributed by atoms with van der Waals surface area (Å²) in [4.78, 5) is 12.3. The lowest BCUT2D eigenvalue weighted by Gasteiger charge is -2.15. The Bertz CT molecular complexity index is 802. The van der Waals surface area contributed by atoms with Gasteiger partial charge in [-0.3, -0.25) is 4.79 Å². The van der Waals surface area contributed by atoms with Crippen LogP contribution in [0, 0.1) is 5.92 Å². The summed E-state index contributed by atoms with van der Waals surface area (Å²) in [6.45, 7) is 3.52. The second-order valence-electron chi connectivity index (χ2n) is 5.91. The summed E-state index contributed by atoms with van der Waals surface area (Å²) in [5.74, 6) is -0.640. The fourth-order valence-electron chi connectivity index (χ4n) is 2.16. The average molecular weight is 346 g/mol. The van der Waals surface area contributed by atoms with Gasteiger partial charge < -0.3 is 11.1 Å². The van der Waals surface area contributed by atoms with E-state index in [-0.39, 0.29) is 28.5 Å². The van der Waals surface area contributed by atoms with Crippen LogP contribution in [0.3, 0.4) is 0 Å². The summed E-state index contributed by atoms with van der Waals surface area (Å²) in [6, 6.07) is 14.9. The highest BCUT2D eigenvalue weighted by Crippen LogP contribution is 2.19. The van der Waals surface area contributed by atoms with E-state index in [4.69, 9.17) is 5.73 Å². The molecule has 2 aromatic carbocycles. The van der Waals surface area contributed by atoms with Crippen molar-refractivity contribution in [1.82, 2.24) is 0 Å². The molecule has 0 spiro atoms. The zero-order chi connectivity index (χ0) is 17.7. The zero-order valence-corrected chi connectivity index (χ0v) is 14.6. The molecule has 3 N–H and O–H groups in total. The van der Waals surface area contributed by atoms with Crippen LogP contribution < -0.4 is 11.1 Å². The summed E-state index contributed by atoms with van der Waals surface area (Å²) in [6.07, 6.45) is 0.